The number of carbonyl (C=O) groups is 1. The minimum atomic E-state index is -3.84. The highest BCUT2D eigenvalue weighted by Crippen LogP contribution is 2.09. The molecule has 0 heterocycles. The first-order valence-electron chi connectivity index (χ1n) is 3.89. The van der Waals surface area contributed by atoms with E-state index < -0.39 is 21.9 Å². The van der Waals surface area contributed by atoms with Gasteiger partial charge in [0.15, 0.2) is 0 Å². The highest BCUT2D eigenvalue weighted by molar-refractivity contribution is 7.93. The number of allylic oxidation sites excluding steroid dienone is 2. The summed E-state index contributed by atoms with van der Waals surface area (Å²) in [4.78, 5) is 10.3. The molecule has 0 aliphatic heterocycles. The predicted molar refractivity (Wildman–Crippen MR) is 52.8 cm³/mol. The lowest BCUT2D eigenvalue weighted by Crippen LogP contribution is -2.16. The summed E-state index contributed by atoms with van der Waals surface area (Å²) in [5.41, 5.74) is 0. The molecule has 0 aromatic rings. The molecule has 14 heavy (non-hydrogen) atoms. The molecule has 1 unspecified atom stereocenters. The highest BCUT2D eigenvalue weighted by Gasteiger charge is 2.14. The van der Waals surface area contributed by atoms with E-state index in [9.17, 15) is 13.2 Å². The van der Waals surface area contributed by atoms with E-state index in [4.69, 9.17) is 10.2 Å². The first-order valence-corrected chi connectivity index (χ1v) is 5.43. The molecule has 0 aliphatic carbocycles. The van der Waals surface area contributed by atoms with Crippen LogP contribution in [0, 0.1) is 5.92 Å². The number of carboxylic acid groups (broad SMARTS) is 1. The molecule has 0 fully saturated rings. The van der Waals surface area contributed by atoms with Gasteiger partial charge in [-0.3, -0.25) is 4.79 Å². The van der Waals surface area contributed by atoms with Crippen molar-refractivity contribution in [1.29, 1.82) is 0 Å². The largest absolute Gasteiger partial charge is 0.481 e. The van der Waals surface area contributed by atoms with E-state index in [0.29, 0.717) is 0 Å². The van der Waals surface area contributed by atoms with Crippen LogP contribution in [0.3, 0.4) is 0 Å². The van der Waals surface area contributed by atoms with Gasteiger partial charge in [0.1, 0.15) is 0 Å². The fraction of sp³-hybridized carbons (Fsp3) is 0.375. The Morgan fingerprint density at radius 3 is 2.29 bits per heavy atom. The van der Waals surface area contributed by atoms with Gasteiger partial charge < -0.3 is 5.11 Å². The van der Waals surface area contributed by atoms with Gasteiger partial charge in [0.25, 0.3) is 0 Å². The lowest BCUT2D eigenvalue weighted by molar-refractivity contribution is -0.139. The van der Waals surface area contributed by atoms with Crippen LogP contribution >= 0.6 is 0 Å². The average molecular weight is 219 g/mol. The Bertz CT molecular complexity index is 367. The number of sulfonamides is 1. The first kappa shape index (κ1) is 12.9. The molecule has 0 saturated heterocycles. The number of hydrogen-bond donors (Lipinski definition) is 2. The normalized spacial score (nSPS) is 15.8. The van der Waals surface area contributed by atoms with Crippen LogP contribution in [0.2, 0.25) is 0 Å². The Morgan fingerprint density at radius 2 is 2.00 bits per heavy atom. The summed E-state index contributed by atoms with van der Waals surface area (Å²) in [5.74, 6) is -1.99. The van der Waals surface area contributed by atoms with Crippen LogP contribution in [0.5, 0.6) is 0 Å². The SMILES string of the molecule is C/C=C\C(=C/C(C)C(=O)O)S(N)(=O)=O. The third kappa shape index (κ3) is 4.20. The van der Waals surface area contributed by atoms with Crippen LogP contribution in [0.1, 0.15) is 13.8 Å². The molecular formula is C8H13NO4S. The minimum absolute atomic E-state index is 0.185. The van der Waals surface area contributed by atoms with Crippen molar-refractivity contribution in [3.05, 3.63) is 23.1 Å². The van der Waals surface area contributed by atoms with Crippen molar-refractivity contribution in [2.45, 2.75) is 13.8 Å². The van der Waals surface area contributed by atoms with Crippen molar-refractivity contribution in [2.75, 3.05) is 0 Å². The molecule has 0 radical (unpaired) electrons. The summed E-state index contributed by atoms with van der Waals surface area (Å²) in [6, 6.07) is 0. The molecule has 0 aliphatic rings. The zero-order chi connectivity index (χ0) is 11.4. The summed E-state index contributed by atoms with van der Waals surface area (Å²) in [5, 5.41) is 13.4. The maximum atomic E-state index is 10.9. The molecule has 0 aromatic heterocycles. The van der Waals surface area contributed by atoms with Crippen molar-refractivity contribution in [1.82, 2.24) is 0 Å². The van der Waals surface area contributed by atoms with E-state index >= 15 is 0 Å². The molecule has 80 valence electrons. The number of rotatable bonds is 4. The van der Waals surface area contributed by atoms with Crippen molar-refractivity contribution >= 4 is 16.0 Å². The smallest absolute Gasteiger partial charge is 0.310 e. The molecule has 6 heteroatoms. The van der Waals surface area contributed by atoms with E-state index in [1.807, 2.05) is 0 Å². The molecule has 0 aromatic carbocycles. The van der Waals surface area contributed by atoms with Crippen LogP contribution in [0.15, 0.2) is 23.1 Å². The number of carboxylic acids is 1. The topological polar surface area (TPSA) is 97.5 Å². The van der Waals surface area contributed by atoms with E-state index in [2.05, 4.69) is 0 Å². The maximum Gasteiger partial charge on any atom is 0.310 e. The van der Waals surface area contributed by atoms with Gasteiger partial charge >= 0.3 is 5.97 Å². The molecule has 5 nitrogen and oxygen atoms in total. The maximum absolute atomic E-state index is 10.9. The molecular weight excluding hydrogens is 206 g/mol. The minimum Gasteiger partial charge on any atom is -0.481 e. The second kappa shape index (κ2) is 4.92. The second-order valence-corrected chi connectivity index (χ2v) is 4.30. The summed E-state index contributed by atoms with van der Waals surface area (Å²) < 4.78 is 21.9. The van der Waals surface area contributed by atoms with Crippen molar-refractivity contribution in [3.8, 4) is 0 Å². The lowest BCUT2D eigenvalue weighted by Gasteiger charge is -2.02. The molecule has 0 saturated carbocycles. The Hall–Kier alpha value is -1.14. The second-order valence-electron chi connectivity index (χ2n) is 2.74. The van der Waals surface area contributed by atoms with Gasteiger partial charge in [0.2, 0.25) is 10.0 Å². The average Bonchev–Trinajstić information content (AvgIpc) is 2.01. The van der Waals surface area contributed by atoms with Gasteiger partial charge in [-0.15, -0.1) is 0 Å². The van der Waals surface area contributed by atoms with Crippen molar-refractivity contribution in [3.63, 3.8) is 0 Å². The van der Waals surface area contributed by atoms with Gasteiger partial charge in [0.05, 0.1) is 10.8 Å². The van der Waals surface area contributed by atoms with Gasteiger partial charge in [0, 0.05) is 0 Å². The molecule has 0 bridgehead atoms. The first-order chi connectivity index (χ1) is 6.29. The van der Waals surface area contributed by atoms with E-state index in [0.717, 1.165) is 6.08 Å². The third-order valence-corrected chi connectivity index (χ3v) is 2.39. The Morgan fingerprint density at radius 1 is 1.50 bits per heavy atom. The summed E-state index contributed by atoms with van der Waals surface area (Å²) >= 11 is 0. The summed E-state index contributed by atoms with van der Waals surface area (Å²) in [7, 11) is -3.84. The van der Waals surface area contributed by atoms with E-state index in [-0.39, 0.29) is 4.91 Å². The standard InChI is InChI=1S/C8H13NO4S/c1-3-4-7(14(9,12)13)5-6(2)8(10)11/h3-6H,1-2H3,(H,10,11)(H2,9,12,13)/b4-3-,7-5+. The molecule has 1 atom stereocenters. The number of primary sulfonamides is 1. The number of hydrogen-bond acceptors (Lipinski definition) is 3. The fourth-order valence-corrected chi connectivity index (χ4v) is 1.45. The highest BCUT2D eigenvalue weighted by atomic mass is 32.2. The van der Waals surface area contributed by atoms with Crippen LogP contribution in [0.4, 0.5) is 0 Å². The van der Waals surface area contributed by atoms with Gasteiger partial charge in [-0.2, -0.15) is 0 Å². The molecule has 0 spiro atoms. The Balaban J connectivity index is 5.13. The van der Waals surface area contributed by atoms with Crippen molar-refractivity contribution < 1.29 is 18.3 Å². The lowest BCUT2D eigenvalue weighted by atomic mass is 10.2. The van der Waals surface area contributed by atoms with Crippen molar-refractivity contribution in [2.24, 2.45) is 11.1 Å². The number of aliphatic carboxylic acids is 1. The van der Waals surface area contributed by atoms with Crippen LogP contribution in [0.25, 0.3) is 0 Å². The Kier molecular flexibility index (Phi) is 4.52. The van der Waals surface area contributed by atoms with E-state index in [1.54, 1.807) is 6.92 Å². The predicted octanol–water partition coefficient (Wildman–Crippen LogP) is 0.456. The van der Waals surface area contributed by atoms with E-state index in [1.165, 1.54) is 19.1 Å². The molecule has 0 rings (SSSR count). The monoisotopic (exact) mass is 219 g/mol. The molecule has 0 amide bonds. The Labute approximate surface area is 83.0 Å². The zero-order valence-corrected chi connectivity index (χ0v) is 8.78. The van der Waals surface area contributed by atoms with Crippen LogP contribution < -0.4 is 5.14 Å². The van der Waals surface area contributed by atoms with Gasteiger partial charge in [-0.05, 0) is 19.9 Å². The molecule has 3 N–H and O–H groups in total. The quantitative estimate of drug-likeness (QED) is 0.671. The summed E-state index contributed by atoms with van der Waals surface area (Å²) in [6.07, 6.45) is 3.83. The third-order valence-electron chi connectivity index (χ3n) is 1.46. The van der Waals surface area contributed by atoms with Gasteiger partial charge in [-0.25, -0.2) is 13.6 Å². The summed E-state index contributed by atoms with van der Waals surface area (Å²) in [6.45, 7) is 2.99. The number of nitrogens with two attached hydrogens (primary N) is 1. The van der Waals surface area contributed by atoms with Crippen LogP contribution in [-0.2, 0) is 14.8 Å². The van der Waals surface area contributed by atoms with Crippen LogP contribution in [-0.4, -0.2) is 19.5 Å². The van der Waals surface area contributed by atoms with Gasteiger partial charge in [-0.1, -0.05) is 12.2 Å². The zero-order valence-electron chi connectivity index (χ0n) is 7.97. The fourth-order valence-electron chi connectivity index (χ4n) is 0.727.